The third-order valence-electron chi connectivity index (χ3n) is 3.87. The molecule has 0 aliphatic heterocycles. The Hall–Kier alpha value is -2.94. The highest BCUT2D eigenvalue weighted by atomic mass is 32.2. The molecule has 8 nitrogen and oxygen atoms in total. The van der Waals surface area contributed by atoms with Crippen molar-refractivity contribution in [1.82, 2.24) is 0 Å². The molecule has 9 heteroatoms. The molecule has 0 heterocycles. The summed E-state index contributed by atoms with van der Waals surface area (Å²) < 4.78 is 40.8. The van der Waals surface area contributed by atoms with E-state index in [-0.39, 0.29) is 12.3 Å². The third-order valence-corrected chi connectivity index (χ3v) is 4.46. The Labute approximate surface area is 164 Å². The van der Waals surface area contributed by atoms with Crippen LogP contribution in [0.15, 0.2) is 36.4 Å². The van der Waals surface area contributed by atoms with Crippen LogP contribution in [0, 0.1) is 0 Å². The SMILES string of the molecule is COc1cc(NC(=O)CCc2ccc(OC)c(OC)c2)ccc1NS(C)(=O)=O. The lowest BCUT2D eigenvalue weighted by molar-refractivity contribution is -0.116. The van der Waals surface area contributed by atoms with Crippen molar-refractivity contribution in [3.8, 4) is 17.2 Å². The van der Waals surface area contributed by atoms with E-state index >= 15 is 0 Å². The van der Waals surface area contributed by atoms with Crippen molar-refractivity contribution >= 4 is 27.3 Å². The van der Waals surface area contributed by atoms with E-state index in [4.69, 9.17) is 14.2 Å². The maximum absolute atomic E-state index is 12.3. The number of rotatable bonds is 9. The van der Waals surface area contributed by atoms with Gasteiger partial charge >= 0.3 is 0 Å². The molecule has 0 saturated heterocycles. The predicted octanol–water partition coefficient (Wildman–Crippen LogP) is 2.66. The van der Waals surface area contributed by atoms with Crippen LogP contribution < -0.4 is 24.2 Å². The van der Waals surface area contributed by atoms with Gasteiger partial charge in [0.1, 0.15) is 5.75 Å². The summed E-state index contributed by atoms with van der Waals surface area (Å²) in [5.74, 6) is 1.37. The van der Waals surface area contributed by atoms with Gasteiger partial charge in [-0.15, -0.1) is 0 Å². The number of hydrogen-bond donors (Lipinski definition) is 2. The number of nitrogens with one attached hydrogen (secondary N) is 2. The van der Waals surface area contributed by atoms with Gasteiger partial charge in [-0.3, -0.25) is 9.52 Å². The standard InChI is InChI=1S/C19H24N2O6S/c1-25-16-9-5-13(11-18(16)27-3)6-10-19(22)20-14-7-8-15(17(12-14)26-2)21-28(4,23)24/h5,7-9,11-12,21H,6,10H2,1-4H3,(H,20,22). The zero-order valence-corrected chi connectivity index (χ0v) is 17.1. The molecule has 1 amide bonds. The molecule has 0 unspecified atom stereocenters. The smallest absolute Gasteiger partial charge is 0.229 e. The van der Waals surface area contributed by atoms with Gasteiger partial charge in [0, 0.05) is 18.2 Å². The minimum absolute atomic E-state index is 0.180. The average molecular weight is 408 g/mol. The van der Waals surface area contributed by atoms with Crippen LogP contribution in [-0.2, 0) is 21.2 Å². The molecule has 2 aromatic carbocycles. The second-order valence-electron chi connectivity index (χ2n) is 6.03. The van der Waals surface area contributed by atoms with Crippen LogP contribution in [0.3, 0.4) is 0 Å². The van der Waals surface area contributed by atoms with Gasteiger partial charge in [-0.05, 0) is 36.2 Å². The Morgan fingerprint density at radius 1 is 0.929 bits per heavy atom. The topological polar surface area (TPSA) is 103 Å². The highest BCUT2D eigenvalue weighted by Crippen LogP contribution is 2.29. The zero-order chi connectivity index (χ0) is 20.7. The molecule has 2 rings (SSSR count). The number of benzene rings is 2. The summed E-state index contributed by atoms with van der Waals surface area (Å²) in [6, 6.07) is 10.2. The molecule has 0 saturated carbocycles. The number of anilines is 2. The summed E-state index contributed by atoms with van der Waals surface area (Å²) in [4.78, 5) is 12.3. The fraction of sp³-hybridized carbons (Fsp3) is 0.316. The van der Waals surface area contributed by atoms with E-state index in [2.05, 4.69) is 10.0 Å². The summed E-state index contributed by atoms with van der Waals surface area (Å²) in [5.41, 5.74) is 1.75. The summed E-state index contributed by atoms with van der Waals surface area (Å²) >= 11 is 0. The lowest BCUT2D eigenvalue weighted by Crippen LogP contribution is -2.13. The minimum Gasteiger partial charge on any atom is -0.494 e. The highest BCUT2D eigenvalue weighted by molar-refractivity contribution is 7.92. The first-order chi connectivity index (χ1) is 13.3. The molecule has 0 fully saturated rings. The first-order valence-corrected chi connectivity index (χ1v) is 10.3. The second kappa shape index (κ2) is 9.32. The molecule has 0 aliphatic carbocycles. The number of hydrogen-bond acceptors (Lipinski definition) is 6. The summed E-state index contributed by atoms with van der Waals surface area (Å²) in [6.07, 6.45) is 1.84. The van der Waals surface area contributed by atoms with Crippen LogP contribution in [0.4, 0.5) is 11.4 Å². The first-order valence-electron chi connectivity index (χ1n) is 8.42. The van der Waals surface area contributed by atoms with Crippen LogP contribution in [-0.4, -0.2) is 41.9 Å². The normalized spacial score (nSPS) is 10.9. The van der Waals surface area contributed by atoms with Gasteiger partial charge < -0.3 is 19.5 Å². The summed E-state index contributed by atoms with van der Waals surface area (Å²) in [7, 11) is 1.11. The quantitative estimate of drug-likeness (QED) is 0.661. The van der Waals surface area contributed by atoms with Crippen LogP contribution in [0.5, 0.6) is 17.2 Å². The van der Waals surface area contributed by atoms with Gasteiger partial charge in [-0.1, -0.05) is 6.07 Å². The fourth-order valence-electron chi connectivity index (χ4n) is 2.57. The zero-order valence-electron chi connectivity index (χ0n) is 16.2. The Morgan fingerprint density at radius 2 is 1.61 bits per heavy atom. The Balaban J connectivity index is 2.01. The molecule has 0 aromatic heterocycles. The lowest BCUT2D eigenvalue weighted by atomic mass is 10.1. The lowest BCUT2D eigenvalue weighted by Gasteiger charge is -2.12. The van der Waals surface area contributed by atoms with Crippen molar-refractivity contribution in [2.75, 3.05) is 37.6 Å². The molecule has 28 heavy (non-hydrogen) atoms. The molecule has 2 aromatic rings. The van der Waals surface area contributed by atoms with Gasteiger partial charge in [-0.2, -0.15) is 0 Å². The Bertz CT molecular complexity index is 943. The second-order valence-corrected chi connectivity index (χ2v) is 7.78. The Kier molecular flexibility index (Phi) is 7.11. The molecule has 0 atom stereocenters. The maximum atomic E-state index is 12.3. The number of methoxy groups -OCH3 is 3. The predicted molar refractivity (Wildman–Crippen MR) is 108 cm³/mol. The van der Waals surface area contributed by atoms with E-state index in [1.165, 1.54) is 13.2 Å². The minimum atomic E-state index is -3.43. The van der Waals surface area contributed by atoms with Gasteiger partial charge in [-0.25, -0.2) is 8.42 Å². The molecule has 0 aliphatic rings. The highest BCUT2D eigenvalue weighted by Gasteiger charge is 2.11. The molecule has 0 radical (unpaired) electrons. The fourth-order valence-corrected chi connectivity index (χ4v) is 3.14. The van der Waals surface area contributed by atoms with Crippen LogP contribution in [0.1, 0.15) is 12.0 Å². The maximum Gasteiger partial charge on any atom is 0.229 e. The van der Waals surface area contributed by atoms with Gasteiger partial charge in [0.15, 0.2) is 11.5 Å². The molecular weight excluding hydrogens is 384 g/mol. The van der Waals surface area contributed by atoms with Crippen molar-refractivity contribution < 1.29 is 27.4 Å². The van der Waals surface area contributed by atoms with Crippen LogP contribution in [0.2, 0.25) is 0 Å². The van der Waals surface area contributed by atoms with Crippen molar-refractivity contribution in [1.29, 1.82) is 0 Å². The third kappa shape index (κ3) is 6.05. The van der Waals surface area contributed by atoms with Crippen molar-refractivity contribution in [2.24, 2.45) is 0 Å². The summed E-state index contributed by atoms with van der Waals surface area (Å²) in [5, 5.41) is 2.78. The number of aryl methyl sites for hydroxylation is 1. The van der Waals surface area contributed by atoms with Gasteiger partial charge in [0.05, 0.1) is 33.3 Å². The number of sulfonamides is 1. The largest absolute Gasteiger partial charge is 0.494 e. The number of amides is 1. The molecule has 152 valence electrons. The van der Waals surface area contributed by atoms with Crippen molar-refractivity contribution in [3.63, 3.8) is 0 Å². The van der Waals surface area contributed by atoms with E-state index < -0.39 is 10.0 Å². The van der Waals surface area contributed by atoms with Crippen LogP contribution >= 0.6 is 0 Å². The molecule has 0 spiro atoms. The monoisotopic (exact) mass is 408 g/mol. The molecule has 2 N–H and O–H groups in total. The average Bonchev–Trinajstić information content (AvgIpc) is 2.66. The Morgan fingerprint density at radius 3 is 2.21 bits per heavy atom. The number of ether oxygens (including phenoxy) is 3. The van der Waals surface area contributed by atoms with E-state index in [9.17, 15) is 13.2 Å². The van der Waals surface area contributed by atoms with Gasteiger partial charge in [0.2, 0.25) is 15.9 Å². The van der Waals surface area contributed by atoms with Crippen molar-refractivity contribution in [2.45, 2.75) is 12.8 Å². The van der Waals surface area contributed by atoms with E-state index in [0.717, 1.165) is 11.8 Å². The molecular formula is C19H24N2O6S. The van der Waals surface area contributed by atoms with Gasteiger partial charge in [0.25, 0.3) is 0 Å². The number of carbonyl (C=O) groups excluding carboxylic acids is 1. The summed E-state index contributed by atoms with van der Waals surface area (Å²) in [6.45, 7) is 0. The van der Waals surface area contributed by atoms with Crippen LogP contribution in [0.25, 0.3) is 0 Å². The first kappa shape index (κ1) is 21.4. The number of carbonyl (C=O) groups is 1. The van der Waals surface area contributed by atoms with E-state index in [0.29, 0.717) is 35.0 Å². The molecule has 0 bridgehead atoms. The van der Waals surface area contributed by atoms with Crippen molar-refractivity contribution in [3.05, 3.63) is 42.0 Å². The van der Waals surface area contributed by atoms with E-state index in [1.54, 1.807) is 32.4 Å². The van der Waals surface area contributed by atoms with E-state index in [1.807, 2.05) is 12.1 Å².